The number of ether oxygens (including phenoxy) is 1. The van der Waals surface area contributed by atoms with Gasteiger partial charge in [-0.1, -0.05) is 56.3 Å². The van der Waals surface area contributed by atoms with Crippen LogP contribution in [0.4, 0.5) is 0 Å². The second-order valence-corrected chi connectivity index (χ2v) is 6.34. The first kappa shape index (κ1) is 14.3. The molecule has 0 spiro atoms. The smallest absolute Gasteiger partial charge is 0.0725 e. The minimum Gasteiger partial charge on any atom is -0.372 e. The molecule has 0 saturated carbocycles. The average molecular weight is 281 g/mol. The lowest BCUT2D eigenvalue weighted by atomic mass is 9.93. The van der Waals surface area contributed by atoms with Crippen molar-refractivity contribution in [2.24, 2.45) is 11.7 Å². The van der Waals surface area contributed by atoms with Gasteiger partial charge in [0.1, 0.15) is 0 Å². The van der Waals surface area contributed by atoms with E-state index in [9.17, 15) is 0 Å². The van der Waals surface area contributed by atoms with E-state index in [4.69, 9.17) is 10.5 Å². The van der Waals surface area contributed by atoms with E-state index in [1.165, 1.54) is 27.8 Å². The van der Waals surface area contributed by atoms with Crippen molar-refractivity contribution in [2.75, 3.05) is 0 Å². The lowest BCUT2D eigenvalue weighted by molar-refractivity contribution is 0.134. The fourth-order valence-electron chi connectivity index (χ4n) is 2.96. The van der Waals surface area contributed by atoms with Gasteiger partial charge < -0.3 is 10.5 Å². The van der Waals surface area contributed by atoms with Crippen molar-refractivity contribution in [1.29, 1.82) is 0 Å². The van der Waals surface area contributed by atoms with Gasteiger partial charge in [0.25, 0.3) is 0 Å². The van der Waals surface area contributed by atoms with E-state index in [-0.39, 0.29) is 6.04 Å². The Morgan fingerprint density at radius 3 is 2.57 bits per heavy atom. The Hall–Kier alpha value is -1.64. The first-order valence-electron chi connectivity index (χ1n) is 7.67. The summed E-state index contributed by atoms with van der Waals surface area (Å²) in [5, 5.41) is 0. The summed E-state index contributed by atoms with van der Waals surface area (Å²) in [7, 11) is 0. The van der Waals surface area contributed by atoms with E-state index in [0.717, 1.165) is 13.0 Å². The van der Waals surface area contributed by atoms with E-state index < -0.39 is 0 Å². The van der Waals surface area contributed by atoms with Crippen molar-refractivity contribution in [3.63, 3.8) is 0 Å². The summed E-state index contributed by atoms with van der Waals surface area (Å²) in [5.74, 6) is 0.661. The van der Waals surface area contributed by atoms with Gasteiger partial charge in [-0.2, -0.15) is 0 Å². The minimum atomic E-state index is -0.0667. The zero-order valence-electron chi connectivity index (χ0n) is 12.8. The molecule has 1 atom stereocenters. The van der Waals surface area contributed by atoms with Crippen LogP contribution in [-0.4, -0.2) is 0 Å². The summed E-state index contributed by atoms with van der Waals surface area (Å²) >= 11 is 0. The average Bonchev–Trinajstić information content (AvgIpc) is 2.93. The normalized spacial score (nSPS) is 15.2. The van der Waals surface area contributed by atoms with Crippen molar-refractivity contribution < 1.29 is 4.74 Å². The number of rotatable bonds is 4. The molecule has 0 fully saturated rings. The van der Waals surface area contributed by atoms with Gasteiger partial charge in [0.05, 0.1) is 19.3 Å². The Labute approximate surface area is 126 Å². The van der Waals surface area contributed by atoms with E-state index in [2.05, 4.69) is 56.3 Å². The highest BCUT2D eigenvalue weighted by Gasteiger charge is 2.15. The van der Waals surface area contributed by atoms with Gasteiger partial charge in [0.15, 0.2) is 0 Å². The highest BCUT2D eigenvalue weighted by molar-refractivity contribution is 5.39. The first-order chi connectivity index (χ1) is 10.1. The van der Waals surface area contributed by atoms with Gasteiger partial charge in [-0.15, -0.1) is 0 Å². The van der Waals surface area contributed by atoms with Gasteiger partial charge >= 0.3 is 0 Å². The van der Waals surface area contributed by atoms with Crippen molar-refractivity contribution in [2.45, 2.75) is 39.5 Å². The van der Waals surface area contributed by atoms with E-state index in [1.54, 1.807) is 0 Å². The van der Waals surface area contributed by atoms with Crippen LogP contribution < -0.4 is 5.73 Å². The quantitative estimate of drug-likeness (QED) is 0.920. The van der Waals surface area contributed by atoms with Crippen LogP contribution in [0.25, 0.3) is 0 Å². The molecule has 2 aromatic rings. The molecule has 2 nitrogen and oxygen atoms in total. The molecule has 0 aliphatic carbocycles. The topological polar surface area (TPSA) is 35.2 Å². The third kappa shape index (κ3) is 3.17. The van der Waals surface area contributed by atoms with Gasteiger partial charge in [-0.05, 0) is 40.2 Å². The number of hydrogen-bond acceptors (Lipinski definition) is 2. The molecule has 0 saturated heterocycles. The molecule has 0 bridgehead atoms. The molecule has 3 rings (SSSR count). The van der Waals surface area contributed by atoms with Crippen LogP contribution in [0, 0.1) is 5.92 Å². The largest absolute Gasteiger partial charge is 0.372 e. The SMILES string of the molecule is CC(C)Cc1cccc(C(N)c2ccc3c(c2)COC3)c1. The zero-order chi connectivity index (χ0) is 14.8. The highest BCUT2D eigenvalue weighted by Crippen LogP contribution is 2.26. The second kappa shape index (κ2) is 6.00. The van der Waals surface area contributed by atoms with Crippen LogP contribution in [0.5, 0.6) is 0 Å². The van der Waals surface area contributed by atoms with Gasteiger partial charge in [0.2, 0.25) is 0 Å². The number of benzene rings is 2. The van der Waals surface area contributed by atoms with Crippen LogP contribution in [0.3, 0.4) is 0 Å². The molecule has 1 heterocycles. The van der Waals surface area contributed by atoms with Crippen molar-refractivity contribution in [1.82, 2.24) is 0 Å². The Kier molecular flexibility index (Phi) is 4.09. The van der Waals surface area contributed by atoms with Crippen LogP contribution in [0.2, 0.25) is 0 Å². The summed E-state index contributed by atoms with van der Waals surface area (Å²) in [6.45, 7) is 5.93. The standard InChI is InChI=1S/C19H23NO/c1-13(2)8-14-4-3-5-15(9-14)19(20)16-6-7-17-11-21-12-18(17)10-16/h3-7,9-10,13,19H,8,11-12,20H2,1-2H3. The second-order valence-electron chi connectivity index (χ2n) is 6.34. The fraction of sp³-hybridized carbons (Fsp3) is 0.368. The van der Waals surface area contributed by atoms with Gasteiger partial charge in [-0.25, -0.2) is 0 Å². The Morgan fingerprint density at radius 2 is 1.76 bits per heavy atom. The summed E-state index contributed by atoms with van der Waals surface area (Å²) in [6, 6.07) is 15.1. The molecule has 2 N–H and O–H groups in total. The van der Waals surface area contributed by atoms with Crippen LogP contribution in [0.15, 0.2) is 42.5 Å². The van der Waals surface area contributed by atoms with E-state index in [0.29, 0.717) is 12.5 Å². The fourth-order valence-corrected chi connectivity index (χ4v) is 2.96. The van der Waals surface area contributed by atoms with Gasteiger partial charge in [0, 0.05) is 0 Å². The monoisotopic (exact) mass is 281 g/mol. The predicted molar refractivity (Wildman–Crippen MR) is 85.9 cm³/mol. The molecular weight excluding hydrogens is 258 g/mol. The molecular formula is C19H23NO. The van der Waals surface area contributed by atoms with Crippen molar-refractivity contribution in [3.05, 3.63) is 70.3 Å². The molecule has 0 radical (unpaired) electrons. The summed E-state index contributed by atoms with van der Waals surface area (Å²) in [6.07, 6.45) is 1.10. The lowest BCUT2D eigenvalue weighted by Crippen LogP contribution is -2.12. The van der Waals surface area contributed by atoms with Crippen LogP contribution in [0.1, 0.15) is 47.7 Å². The number of nitrogens with two attached hydrogens (primary N) is 1. The molecule has 2 heteroatoms. The number of fused-ring (bicyclic) bond motifs is 1. The van der Waals surface area contributed by atoms with Crippen LogP contribution in [-0.2, 0) is 24.4 Å². The molecule has 1 aliphatic rings. The number of hydrogen-bond donors (Lipinski definition) is 1. The minimum absolute atomic E-state index is 0.0667. The summed E-state index contributed by atoms with van der Waals surface area (Å²) < 4.78 is 5.48. The molecule has 110 valence electrons. The molecule has 0 aromatic heterocycles. The molecule has 2 aromatic carbocycles. The first-order valence-corrected chi connectivity index (χ1v) is 7.67. The lowest BCUT2D eigenvalue weighted by Gasteiger charge is -2.15. The van der Waals surface area contributed by atoms with E-state index in [1.807, 2.05) is 0 Å². The maximum atomic E-state index is 6.47. The maximum Gasteiger partial charge on any atom is 0.0725 e. The van der Waals surface area contributed by atoms with Crippen LogP contribution >= 0.6 is 0 Å². The van der Waals surface area contributed by atoms with E-state index >= 15 is 0 Å². The Bertz CT molecular complexity index is 633. The third-order valence-electron chi connectivity index (χ3n) is 4.06. The molecule has 1 unspecified atom stereocenters. The Morgan fingerprint density at radius 1 is 1.00 bits per heavy atom. The summed E-state index contributed by atoms with van der Waals surface area (Å²) in [4.78, 5) is 0. The van der Waals surface area contributed by atoms with Crippen molar-refractivity contribution >= 4 is 0 Å². The summed E-state index contributed by atoms with van der Waals surface area (Å²) in [5.41, 5.74) is 12.8. The molecule has 1 aliphatic heterocycles. The van der Waals surface area contributed by atoms with Crippen molar-refractivity contribution in [3.8, 4) is 0 Å². The predicted octanol–water partition coefficient (Wildman–Crippen LogP) is 3.96. The Balaban J connectivity index is 1.86. The molecule has 21 heavy (non-hydrogen) atoms. The van der Waals surface area contributed by atoms with Gasteiger partial charge in [-0.3, -0.25) is 0 Å². The zero-order valence-corrected chi connectivity index (χ0v) is 12.8. The maximum absolute atomic E-state index is 6.47. The molecule has 0 amide bonds. The highest BCUT2D eigenvalue weighted by atomic mass is 16.5. The third-order valence-corrected chi connectivity index (χ3v) is 4.06.